The summed E-state index contributed by atoms with van der Waals surface area (Å²) >= 11 is 3.53. The van der Waals surface area contributed by atoms with Gasteiger partial charge in [-0.15, -0.1) is 0 Å². The summed E-state index contributed by atoms with van der Waals surface area (Å²) < 4.78 is 1.15. The lowest BCUT2D eigenvalue weighted by Crippen LogP contribution is -2.24. The molecule has 1 rings (SSSR count). The summed E-state index contributed by atoms with van der Waals surface area (Å²) in [7, 11) is 0. The number of aryl methyl sites for hydroxylation is 2. The molecule has 17 heavy (non-hydrogen) atoms. The Morgan fingerprint density at radius 2 is 1.88 bits per heavy atom. The van der Waals surface area contributed by atoms with Crippen molar-refractivity contribution in [3.8, 4) is 0 Å². The van der Waals surface area contributed by atoms with Crippen molar-refractivity contribution in [1.82, 2.24) is 5.32 Å². The number of amides is 1. The van der Waals surface area contributed by atoms with E-state index in [9.17, 15) is 4.79 Å². The van der Waals surface area contributed by atoms with Gasteiger partial charge in [-0.1, -0.05) is 15.9 Å². The summed E-state index contributed by atoms with van der Waals surface area (Å²) in [6.07, 6.45) is 0.502. The van der Waals surface area contributed by atoms with Crippen molar-refractivity contribution in [3.63, 3.8) is 0 Å². The molecule has 0 saturated carbocycles. The Kier molecular flexibility index (Phi) is 5.48. The molecule has 0 atom stereocenters. The van der Waals surface area contributed by atoms with Crippen LogP contribution in [0.1, 0.15) is 24.5 Å². The Morgan fingerprint density at radius 1 is 1.29 bits per heavy atom. The Hall–Kier alpha value is -1.03. The first-order chi connectivity index (χ1) is 8.04. The molecule has 2 N–H and O–H groups in total. The van der Waals surface area contributed by atoms with Crippen LogP contribution in [0.4, 0.5) is 5.69 Å². The molecule has 0 radical (unpaired) electrons. The third kappa shape index (κ3) is 4.38. The second kappa shape index (κ2) is 6.64. The summed E-state index contributed by atoms with van der Waals surface area (Å²) in [6, 6.07) is 4.16. The fourth-order valence-electron chi connectivity index (χ4n) is 1.65. The van der Waals surface area contributed by atoms with Crippen molar-refractivity contribution in [2.45, 2.75) is 27.2 Å². The Morgan fingerprint density at radius 3 is 2.41 bits per heavy atom. The minimum absolute atomic E-state index is 0.0885. The fraction of sp³-hybridized carbons (Fsp3) is 0.462. The van der Waals surface area contributed by atoms with Crippen LogP contribution in [-0.2, 0) is 4.79 Å². The van der Waals surface area contributed by atoms with Crippen molar-refractivity contribution >= 4 is 27.5 Å². The second-order valence-corrected chi connectivity index (χ2v) is 4.85. The third-order valence-corrected chi connectivity index (χ3v) is 3.74. The molecule has 0 bridgehead atoms. The molecule has 3 nitrogen and oxygen atoms in total. The molecule has 0 aromatic heterocycles. The van der Waals surface area contributed by atoms with Crippen LogP contribution < -0.4 is 10.6 Å². The van der Waals surface area contributed by atoms with E-state index in [1.54, 1.807) is 0 Å². The number of benzene rings is 1. The zero-order valence-corrected chi connectivity index (χ0v) is 12.1. The topological polar surface area (TPSA) is 41.1 Å². The van der Waals surface area contributed by atoms with Crippen molar-refractivity contribution in [2.75, 3.05) is 18.4 Å². The van der Waals surface area contributed by atoms with E-state index in [0.717, 1.165) is 10.2 Å². The van der Waals surface area contributed by atoms with Crippen LogP contribution in [0.2, 0.25) is 0 Å². The summed E-state index contributed by atoms with van der Waals surface area (Å²) in [5, 5.41) is 6.04. The number of halogens is 1. The first-order valence-electron chi connectivity index (χ1n) is 5.82. The van der Waals surface area contributed by atoms with Crippen LogP contribution in [0.3, 0.4) is 0 Å². The summed E-state index contributed by atoms with van der Waals surface area (Å²) in [4.78, 5) is 11.3. The van der Waals surface area contributed by atoms with Gasteiger partial charge in [0.1, 0.15) is 0 Å². The SMILES string of the molecule is CCNC(=O)CCNc1cc(C)c(Br)c(C)c1. The number of hydrogen-bond donors (Lipinski definition) is 2. The first-order valence-corrected chi connectivity index (χ1v) is 6.61. The number of hydrogen-bond acceptors (Lipinski definition) is 2. The largest absolute Gasteiger partial charge is 0.385 e. The second-order valence-electron chi connectivity index (χ2n) is 4.05. The molecule has 0 spiro atoms. The summed E-state index contributed by atoms with van der Waals surface area (Å²) in [5.74, 6) is 0.0885. The highest BCUT2D eigenvalue weighted by Gasteiger charge is 2.03. The van der Waals surface area contributed by atoms with E-state index >= 15 is 0 Å². The molecule has 0 heterocycles. The molecule has 0 saturated heterocycles. The van der Waals surface area contributed by atoms with Gasteiger partial charge >= 0.3 is 0 Å². The third-order valence-electron chi connectivity index (χ3n) is 2.49. The Bertz CT molecular complexity index is 381. The van der Waals surface area contributed by atoms with Gasteiger partial charge in [-0.2, -0.15) is 0 Å². The van der Waals surface area contributed by atoms with Crippen molar-refractivity contribution < 1.29 is 4.79 Å². The van der Waals surface area contributed by atoms with Gasteiger partial charge in [-0.05, 0) is 44.0 Å². The van der Waals surface area contributed by atoms with Crippen LogP contribution >= 0.6 is 15.9 Å². The molecular weight excluding hydrogens is 280 g/mol. The number of carbonyl (C=O) groups is 1. The predicted molar refractivity (Wildman–Crippen MR) is 75.4 cm³/mol. The van der Waals surface area contributed by atoms with E-state index < -0.39 is 0 Å². The number of anilines is 1. The van der Waals surface area contributed by atoms with Gasteiger partial charge in [0.15, 0.2) is 0 Å². The quantitative estimate of drug-likeness (QED) is 0.877. The zero-order chi connectivity index (χ0) is 12.8. The number of nitrogens with one attached hydrogen (secondary N) is 2. The van der Waals surface area contributed by atoms with Gasteiger partial charge in [-0.3, -0.25) is 4.79 Å². The summed E-state index contributed by atoms with van der Waals surface area (Å²) in [6.45, 7) is 7.40. The van der Waals surface area contributed by atoms with Crippen LogP contribution in [-0.4, -0.2) is 19.0 Å². The van der Waals surface area contributed by atoms with Crippen LogP contribution in [0, 0.1) is 13.8 Å². The standard InChI is InChI=1S/C13H19BrN2O/c1-4-15-12(17)5-6-16-11-7-9(2)13(14)10(3)8-11/h7-8,16H,4-6H2,1-3H3,(H,15,17). The fourth-order valence-corrected chi connectivity index (χ4v) is 1.88. The number of carbonyl (C=O) groups excluding carboxylic acids is 1. The van der Waals surface area contributed by atoms with Crippen molar-refractivity contribution in [2.24, 2.45) is 0 Å². The average Bonchev–Trinajstić information content (AvgIpc) is 2.26. The van der Waals surface area contributed by atoms with Gasteiger partial charge in [0.2, 0.25) is 5.91 Å². The Balaban J connectivity index is 2.50. The highest BCUT2D eigenvalue weighted by atomic mass is 79.9. The van der Waals surface area contributed by atoms with Gasteiger partial charge in [0.05, 0.1) is 0 Å². The lowest BCUT2D eigenvalue weighted by atomic mass is 10.1. The minimum Gasteiger partial charge on any atom is -0.385 e. The van der Waals surface area contributed by atoms with E-state index in [2.05, 4.69) is 52.5 Å². The van der Waals surface area contributed by atoms with Gasteiger partial charge < -0.3 is 10.6 Å². The lowest BCUT2D eigenvalue weighted by Gasteiger charge is -2.10. The van der Waals surface area contributed by atoms with E-state index in [1.807, 2.05) is 6.92 Å². The van der Waals surface area contributed by atoms with Gasteiger partial charge in [0, 0.05) is 29.7 Å². The number of rotatable bonds is 5. The molecule has 1 aromatic carbocycles. The molecule has 0 fully saturated rings. The maximum Gasteiger partial charge on any atom is 0.221 e. The van der Waals surface area contributed by atoms with Crippen molar-refractivity contribution in [1.29, 1.82) is 0 Å². The smallest absolute Gasteiger partial charge is 0.221 e. The molecule has 0 aliphatic heterocycles. The van der Waals surface area contributed by atoms with E-state index in [4.69, 9.17) is 0 Å². The molecule has 94 valence electrons. The molecular formula is C13H19BrN2O. The van der Waals surface area contributed by atoms with Gasteiger partial charge in [-0.25, -0.2) is 0 Å². The maximum atomic E-state index is 11.3. The zero-order valence-electron chi connectivity index (χ0n) is 10.6. The highest BCUT2D eigenvalue weighted by molar-refractivity contribution is 9.10. The molecule has 0 aliphatic carbocycles. The van der Waals surface area contributed by atoms with E-state index in [1.165, 1.54) is 11.1 Å². The molecule has 4 heteroatoms. The Labute approximate surface area is 111 Å². The van der Waals surface area contributed by atoms with E-state index in [0.29, 0.717) is 19.5 Å². The van der Waals surface area contributed by atoms with Crippen molar-refractivity contribution in [3.05, 3.63) is 27.7 Å². The van der Waals surface area contributed by atoms with Gasteiger partial charge in [0.25, 0.3) is 0 Å². The summed E-state index contributed by atoms with van der Waals surface area (Å²) in [5.41, 5.74) is 3.46. The normalized spacial score (nSPS) is 10.1. The molecule has 1 aromatic rings. The molecule has 1 amide bonds. The maximum absolute atomic E-state index is 11.3. The lowest BCUT2D eigenvalue weighted by molar-refractivity contribution is -0.120. The van der Waals surface area contributed by atoms with Crippen LogP contribution in [0.25, 0.3) is 0 Å². The van der Waals surface area contributed by atoms with Crippen LogP contribution in [0.15, 0.2) is 16.6 Å². The van der Waals surface area contributed by atoms with Crippen LogP contribution in [0.5, 0.6) is 0 Å². The minimum atomic E-state index is 0.0885. The first kappa shape index (κ1) is 14.0. The average molecular weight is 299 g/mol. The monoisotopic (exact) mass is 298 g/mol. The highest BCUT2D eigenvalue weighted by Crippen LogP contribution is 2.24. The molecule has 0 unspecified atom stereocenters. The van der Waals surface area contributed by atoms with E-state index in [-0.39, 0.29) is 5.91 Å². The predicted octanol–water partition coefficient (Wildman–Crippen LogP) is 3.00. The molecule has 0 aliphatic rings.